The quantitative estimate of drug-likeness (QED) is 0.807. The Bertz CT molecular complexity index is 566. The van der Waals surface area contributed by atoms with E-state index in [1.807, 2.05) is 35.9 Å². The molecule has 0 unspecified atom stereocenters. The van der Waals surface area contributed by atoms with E-state index in [1.54, 1.807) is 13.2 Å². The molecule has 0 aliphatic heterocycles. The second-order valence-corrected chi connectivity index (χ2v) is 3.77. The normalized spacial score (nSPS) is 9.94. The van der Waals surface area contributed by atoms with Gasteiger partial charge in [0.05, 0.1) is 19.3 Å². The monoisotopic (exact) mass is 227 g/mol. The summed E-state index contributed by atoms with van der Waals surface area (Å²) in [5.74, 6) is 0.790. The average molecular weight is 227 g/mol. The van der Waals surface area contributed by atoms with Crippen LogP contribution in [0.3, 0.4) is 0 Å². The van der Waals surface area contributed by atoms with Gasteiger partial charge in [-0.2, -0.15) is 5.26 Å². The van der Waals surface area contributed by atoms with Crippen molar-refractivity contribution in [3.05, 3.63) is 47.5 Å². The number of nitriles is 1. The molecule has 0 aliphatic carbocycles. The second kappa shape index (κ2) is 4.71. The van der Waals surface area contributed by atoms with Crippen LogP contribution in [0.4, 0.5) is 0 Å². The molecular formula is C13H13N3O. The van der Waals surface area contributed by atoms with Crippen LogP contribution in [-0.4, -0.2) is 16.7 Å². The Morgan fingerprint density at radius 3 is 3.00 bits per heavy atom. The Morgan fingerprint density at radius 2 is 2.29 bits per heavy atom. The minimum absolute atomic E-state index is 0.577. The van der Waals surface area contributed by atoms with Crippen LogP contribution < -0.4 is 4.74 Å². The molecule has 2 heterocycles. The van der Waals surface area contributed by atoms with Crippen LogP contribution in [0, 0.1) is 18.3 Å². The highest BCUT2D eigenvalue weighted by Crippen LogP contribution is 2.15. The van der Waals surface area contributed by atoms with Gasteiger partial charge in [0.15, 0.2) is 0 Å². The SMILES string of the molecule is COc1cc(C)nc(Cn2cccc2C#N)c1. The highest BCUT2D eigenvalue weighted by atomic mass is 16.5. The number of rotatable bonds is 3. The summed E-state index contributed by atoms with van der Waals surface area (Å²) >= 11 is 0. The van der Waals surface area contributed by atoms with Crippen LogP contribution in [-0.2, 0) is 6.54 Å². The van der Waals surface area contributed by atoms with E-state index in [9.17, 15) is 0 Å². The molecule has 2 aromatic rings. The van der Waals surface area contributed by atoms with Crippen molar-refractivity contribution in [3.8, 4) is 11.8 Å². The van der Waals surface area contributed by atoms with Crippen molar-refractivity contribution in [1.82, 2.24) is 9.55 Å². The Morgan fingerprint density at radius 1 is 1.47 bits per heavy atom. The highest BCUT2D eigenvalue weighted by Gasteiger charge is 2.04. The van der Waals surface area contributed by atoms with Gasteiger partial charge in [-0.3, -0.25) is 4.98 Å². The van der Waals surface area contributed by atoms with Crippen LogP contribution in [0.2, 0.25) is 0 Å². The maximum Gasteiger partial charge on any atom is 0.122 e. The first-order chi connectivity index (χ1) is 8.22. The molecule has 0 N–H and O–H groups in total. The lowest BCUT2D eigenvalue weighted by molar-refractivity contribution is 0.413. The molecule has 86 valence electrons. The molecule has 0 radical (unpaired) electrons. The van der Waals surface area contributed by atoms with Gasteiger partial charge in [-0.1, -0.05) is 0 Å². The average Bonchev–Trinajstić information content (AvgIpc) is 2.75. The molecule has 17 heavy (non-hydrogen) atoms. The van der Waals surface area contributed by atoms with Crippen LogP contribution in [0.5, 0.6) is 5.75 Å². The van der Waals surface area contributed by atoms with Crippen molar-refractivity contribution in [2.45, 2.75) is 13.5 Å². The standard InChI is InChI=1S/C13H13N3O/c1-10-6-13(17-2)7-11(15-10)9-16-5-3-4-12(16)8-14/h3-7H,9H2,1-2H3. The molecule has 2 rings (SSSR count). The maximum atomic E-state index is 8.92. The Balaban J connectivity index is 2.30. The van der Waals surface area contributed by atoms with Crippen molar-refractivity contribution >= 4 is 0 Å². The number of pyridine rings is 1. The number of aromatic nitrogens is 2. The fourth-order valence-corrected chi connectivity index (χ4v) is 1.73. The van der Waals surface area contributed by atoms with E-state index < -0.39 is 0 Å². The lowest BCUT2D eigenvalue weighted by atomic mass is 10.3. The molecule has 0 atom stereocenters. The van der Waals surface area contributed by atoms with Gasteiger partial charge in [0.2, 0.25) is 0 Å². The number of aryl methyl sites for hydroxylation is 1. The minimum atomic E-state index is 0.577. The van der Waals surface area contributed by atoms with E-state index in [-0.39, 0.29) is 0 Å². The highest BCUT2D eigenvalue weighted by molar-refractivity contribution is 5.28. The van der Waals surface area contributed by atoms with Crippen molar-refractivity contribution in [3.63, 3.8) is 0 Å². The van der Waals surface area contributed by atoms with Gasteiger partial charge >= 0.3 is 0 Å². The summed E-state index contributed by atoms with van der Waals surface area (Å²) in [5, 5.41) is 8.92. The molecule has 0 bridgehead atoms. The molecule has 4 heteroatoms. The van der Waals surface area contributed by atoms with Crippen LogP contribution in [0.15, 0.2) is 30.5 Å². The largest absolute Gasteiger partial charge is 0.497 e. The zero-order valence-corrected chi connectivity index (χ0v) is 9.84. The predicted molar refractivity (Wildman–Crippen MR) is 63.8 cm³/mol. The smallest absolute Gasteiger partial charge is 0.122 e. The first kappa shape index (κ1) is 11.2. The Hall–Kier alpha value is -2.28. The zero-order valence-electron chi connectivity index (χ0n) is 9.84. The van der Waals surface area contributed by atoms with E-state index >= 15 is 0 Å². The fourth-order valence-electron chi connectivity index (χ4n) is 1.73. The molecule has 0 amide bonds. The third kappa shape index (κ3) is 2.45. The predicted octanol–water partition coefficient (Wildman–Crippen LogP) is 2.12. The minimum Gasteiger partial charge on any atom is -0.497 e. The molecule has 0 aromatic carbocycles. The number of methoxy groups -OCH3 is 1. The van der Waals surface area contributed by atoms with Crippen LogP contribution in [0.25, 0.3) is 0 Å². The zero-order chi connectivity index (χ0) is 12.3. The number of nitrogens with zero attached hydrogens (tertiary/aromatic N) is 3. The van der Waals surface area contributed by atoms with Crippen LogP contribution >= 0.6 is 0 Å². The van der Waals surface area contributed by atoms with Gasteiger partial charge in [0, 0.05) is 24.0 Å². The van der Waals surface area contributed by atoms with E-state index in [2.05, 4.69) is 11.1 Å². The summed E-state index contributed by atoms with van der Waals surface area (Å²) in [5.41, 5.74) is 2.42. The molecule has 0 spiro atoms. The third-order valence-corrected chi connectivity index (χ3v) is 2.49. The molecule has 4 nitrogen and oxygen atoms in total. The van der Waals surface area contributed by atoms with Crippen molar-refractivity contribution in [2.75, 3.05) is 7.11 Å². The van der Waals surface area contributed by atoms with Gasteiger partial charge in [0.25, 0.3) is 0 Å². The van der Waals surface area contributed by atoms with E-state index in [4.69, 9.17) is 10.00 Å². The number of ether oxygens (including phenoxy) is 1. The summed E-state index contributed by atoms with van der Waals surface area (Å²) in [6.07, 6.45) is 1.87. The summed E-state index contributed by atoms with van der Waals surface area (Å²) in [6, 6.07) is 9.54. The van der Waals surface area contributed by atoms with E-state index in [0.29, 0.717) is 12.2 Å². The number of hydrogen-bond acceptors (Lipinski definition) is 3. The van der Waals surface area contributed by atoms with E-state index in [1.165, 1.54) is 0 Å². The lowest BCUT2D eigenvalue weighted by Crippen LogP contribution is -2.04. The lowest BCUT2D eigenvalue weighted by Gasteiger charge is -2.07. The number of hydrogen-bond donors (Lipinski definition) is 0. The molecule has 0 aliphatic rings. The second-order valence-electron chi connectivity index (χ2n) is 3.77. The topological polar surface area (TPSA) is 50.8 Å². The Kier molecular flexibility index (Phi) is 3.10. The summed E-state index contributed by atoms with van der Waals surface area (Å²) in [4.78, 5) is 4.42. The molecule has 0 saturated carbocycles. The van der Waals surface area contributed by atoms with Gasteiger partial charge in [-0.25, -0.2) is 0 Å². The fraction of sp³-hybridized carbons (Fsp3) is 0.231. The molecular weight excluding hydrogens is 214 g/mol. The Labute approximate surface area is 100 Å². The molecule has 0 saturated heterocycles. The van der Waals surface area contributed by atoms with Crippen molar-refractivity contribution in [1.29, 1.82) is 5.26 Å². The molecule has 0 fully saturated rings. The van der Waals surface area contributed by atoms with Gasteiger partial charge in [-0.15, -0.1) is 0 Å². The third-order valence-electron chi connectivity index (χ3n) is 2.49. The van der Waals surface area contributed by atoms with Gasteiger partial charge < -0.3 is 9.30 Å². The van der Waals surface area contributed by atoms with E-state index in [0.717, 1.165) is 17.1 Å². The summed E-state index contributed by atoms with van der Waals surface area (Å²) in [6.45, 7) is 2.50. The van der Waals surface area contributed by atoms with Crippen LogP contribution in [0.1, 0.15) is 17.1 Å². The maximum absolute atomic E-state index is 8.92. The van der Waals surface area contributed by atoms with Crippen molar-refractivity contribution < 1.29 is 4.74 Å². The summed E-state index contributed by atoms with van der Waals surface area (Å²) < 4.78 is 7.06. The van der Waals surface area contributed by atoms with Gasteiger partial charge in [0.1, 0.15) is 17.5 Å². The van der Waals surface area contributed by atoms with Gasteiger partial charge in [-0.05, 0) is 19.1 Å². The molecule has 2 aromatic heterocycles. The first-order valence-corrected chi connectivity index (χ1v) is 5.29. The first-order valence-electron chi connectivity index (χ1n) is 5.29. The summed E-state index contributed by atoms with van der Waals surface area (Å²) in [7, 11) is 1.63. The van der Waals surface area contributed by atoms with Crippen molar-refractivity contribution in [2.24, 2.45) is 0 Å².